The molecule has 0 radical (unpaired) electrons. The zero-order chi connectivity index (χ0) is 19.6. The van der Waals surface area contributed by atoms with Crippen molar-refractivity contribution in [2.45, 2.75) is 37.5 Å². The van der Waals surface area contributed by atoms with E-state index in [4.69, 9.17) is 16.3 Å². The van der Waals surface area contributed by atoms with Gasteiger partial charge in [0.2, 0.25) is 10.0 Å². The van der Waals surface area contributed by atoms with Gasteiger partial charge in [0.05, 0.1) is 23.8 Å². The maximum atomic E-state index is 13.1. The van der Waals surface area contributed by atoms with Crippen molar-refractivity contribution in [1.29, 1.82) is 0 Å². The monoisotopic (exact) mass is 428 g/mol. The van der Waals surface area contributed by atoms with Crippen LogP contribution in [0.2, 0.25) is 5.02 Å². The molecule has 2 heterocycles. The maximum absolute atomic E-state index is 13.1. The fourth-order valence-corrected chi connectivity index (χ4v) is 5.73. The molecule has 6 nitrogen and oxygen atoms in total. The Kier molecular flexibility index (Phi) is 6.22. The van der Waals surface area contributed by atoms with E-state index in [0.29, 0.717) is 6.54 Å². The molecule has 9 heteroatoms. The Morgan fingerprint density at radius 3 is 2.63 bits per heavy atom. The third kappa shape index (κ3) is 4.70. The van der Waals surface area contributed by atoms with Crippen molar-refractivity contribution in [3.05, 3.63) is 51.2 Å². The lowest BCUT2D eigenvalue weighted by molar-refractivity contribution is -0.0440. The number of thiophene rings is 1. The van der Waals surface area contributed by atoms with Gasteiger partial charge in [-0.25, -0.2) is 8.42 Å². The normalized spacial score (nSPS) is 21.1. The highest BCUT2D eigenvalue weighted by atomic mass is 35.5. The summed E-state index contributed by atoms with van der Waals surface area (Å²) in [6.45, 7) is 4.54. The SMILES string of the molecule is CC1CN(S(=O)(=O)c2cc(C(=O)NCc3cccs3)ccc2Cl)CC(C)O1. The predicted molar refractivity (Wildman–Crippen MR) is 106 cm³/mol. The average Bonchev–Trinajstić information content (AvgIpc) is 3.12. The number of carbonyl (C=O) groups excluding carboxylic acids is 1. The van der Waals surface area contributed by atoms with Crippen molar-refractivity contribution in [2.24, 2.45) is 0 Å². The van der Waals surface area contributed by atoms with Crippen LogP contribution in [0.3, 0.4) is 0 Å². The van der Waals surface area contributed by atoms with E-state index < -0.39 is 10.0 Å². The molecule has 0 spiro atoms. The quantitative estimate of drug-likeness (QED) is 0.793. The molecule has 0 bridgehead atoms. The molecule has 1 saturated heterocycles. The summed E-state index contributed by atoms with van der Waals surface area (Å²) in [6, 6.07) is 8.14. The van der Waals surface area contributed by atoms with Gasteiger partial charge in [-0.3, -0.25) is 4.79 Å². The van der Waals surface area contributed by atoms with Gasteiger partial charge < -0.3 is 10.1 Å². The minimum Gasteiger partial charge on any atom is -0.373 e. The molecule has 1 aliphatic heterocycles. The van der Waals surface area contributed by atoms with E-state index in [2.05, 4.69) is 5.32 Å². The lowest BCUT2D eigenvalue weighted by atomic mass is 10.2. The summed E-state index contributed by atoms with van der Waals surface area (Å²) >= 11 is 7.71. The molecule has 2 atom stereocenters. The van der Waals surface area contributed by atoms with E-state index in [-0.39, 0.29) is 46.7 Å². The predicted octanol–water partition coefficient (Wildman–Crippen LogP) is 3.13. The molecule has 1 fully saturated rings. The van der Waals surface area contributed by atoms with Crippen molar-refractivity contribution in [3.8, 4) is 0 Å². The Morgan fingerprint density at radius 1 is 1.30 bits per heavy atom. The number of nitrogens with zero attached hydrogens (tertiary/aromatic N) is 1. The minimum absolute atomic E-state index is 0.0609. The van der Waals surface area contributed by atoms with Gasteiger partial charge in [0, 0.05) is 23.5 Å². The molecule has 2 unspecified atom stereocenters. The van der Waals surface area contributed by atoms with Crippen LogP contribution in [0.1, 0.15) is 29.1 Å². The zero-order valence-electron chi connectivity index (χ0n) is 15.0. The van der Waals surface area contributed by atoms with Crippen LogP contribution < -0.4 is 5.32 Å². The summed E-state index contributed by atoms with van der Waals surface area (Å²) in [5, 5.41) is 4.82. The van der Waals surface area contributed by atoms with Gasteiger partial charge in [-0.2, -0.15) is 4.31 Å². The van der Waals surface area contributed by atoms with E-state index >= 15 is 0 Å². The van der Waals surface area contributed by atoms with E-state index in [1.165, 1.54) is 33.8 Å². The highest BCUT2D eigenvalue weighted by Crippen LogP contribution is 2.28. The van der Waals surface area contributed by atoms with Crippen LogP contribution in [-0.2, 0) is 21.3 Å². The largest absolute Gasteiger partial charge is 0.373 e. The molecule has 146 valence electrons. The first-order valence-corrected chi connectivity index (χ1v) is 11.2. The van der Waals surface area contributed by atoms with Crippen LogP contribution in [0.25, 0.3) is 0 Å². The molecule has 0 saturated carbocycles. The van der Waals surface area contributed by atoms with Gasteiger partial charge in [-0.05, 0) is 43.5 Å². The maximum Gasteiger partial charge on any atom is 0.251 e. The number of rotatable bonds is 5. The summed E-state index contributed by atoms with van der Waals surface area (Å²) in [6.07, 6.45) is -0.417. The number of nitrogens with one attached hydrogen (secondary N) is 1. The molecule has 0 aliphatic carbocycles. The van der Waals surface area contributed by atoms with Gasteiger partial charge in [-0.1, -0.05) is 17.7 Å². The number of sulfonamides is 1. The highest BCUT2D eigenvalue weighted by Gasteiger charge is 2.33. The molecule has 2 aromatic rings. The second kappa shape index (κ2) is 8.28. The van der Waals surface area contributed by atoms with Crippen molar-refractivity contribution in [1.82, 2.24) is 9.62 Å². The average molecular weight is 429 g/mol. The van der Waals surface area contributed by atoms with Crippen molar-refractivity contribution in [2.75, 3.05) is 13.1 Å². The second-order valence-electron chi connectivity index (χ2n) is 6.49. The van der Waals surface area contributed by atoms with Crippen LogP contribution in [0, 0.1) is 0 Å². The van der Waals surface area contributed by atoms with Crippen LogP contribution >= 0.6 is 22.9 Å². The molecule has 3 rings (SSSR count). The first kappa shape index (κ1) is 20.3. The summed E-state index contributed by atoms with van der Waals surface area (Å²) in [5.74, 6) is -0.347. The van der Waals surface area contributed by atoms with E-state index in [1.807, 2.05) is 31.4 Å². The number of halogens is 1. The molecular formula is C18H21ClN2O4S2. The molecule has 1 aromatic carbocycles. The zero-order valence-corrected chi connectivity index (χ0v) is 17.4. The third-order valence-corrected chi connectivity index (χ3v) is 7.39. The number of carbonyl (C=O) groups is 1. The van der Waals surface area contributed by atoms with Gasteiger partial charge in [0.1, 0.15) is 4.90 Å². The molecule has 1 aromatic heterocycles. The first-order chi connectivity index (χ1) is 12.8. The van der Waals surface area contributed by atoms with Gasteiger partial charge in [0.25, 0.3) is 5.91 Å². The van der Waals surface area contributed by atoms with Crippen LogP contribution in [0.15, 0.2) is 40.6 Å². The van der Waals surface area contributed by atoms with Crippen LogP contribution in [0.5, 0.6) is 0 Å². The summed E-state index contributed by atoms with van der Waals surface area (Å²) in [5.41, 5.74) is 0.254. The van der Waals surface area contributed by atoms with Crippen molar-refractivity contribution >= 4 is 38.9 Å². The molecule has 1 N–H and O–H groups in total. The lowest BCUT2D eigenvalue weighted by Gasteiger charge is -2.34. The summed E-state index contributed by atoms with van der Waals surface area (Å²) in [4.78, 5) is 13.4. The van der Waals surface area contributed by atoms with Crippen molar-refractivity contribution in [3.63, 3.8) is 0 Å². The van der Waals surface area contributed by atoms with E-state index in [9.17, 15) is 13.2 Å². The second-order valence-corrected chi connectivity index (χ2v) is 9.83. The van der Waals surface area contributed by atoms with Gasteiger partial charge in [0.15, 0.2) is 0 Å². The van der Waals surface area contributed by atoms with Gasteiger partial charge >= 0.3 is 0 Å². The summed E-state index contributed by atoms with van der Waals surface area (Å²) in [7, 11) is -3.83. The van der Waals surface area contributed by atoms with Gasteiger partial charge in [-0.15, -0.1) is 11.3 Å². The topological polar surface area (TPSA) is 75.7 Å². The number of hydrogen-bond donors (Lipinski definition) is 1. The highest BCUT2D eigenvalue weighted by molar-refractivity contribution is 7.89. The Bertz CT molecular complexity index is 905. The number of benzene rings is 1. The van der Waals surface area contributed by atoms with E-state index in [1.54, 1.807) is 0 Å². The fraction of sp³-hybridized carbons (Fsp3) is 0.389. The first-order valence-electron chi connectivity index (χ1n) is 8.53. The lowest BCUT2D eigenvalue weighted by Crippen LogP contribution is -2.48. The van der Waals surface area contributed by atoms with Crippen LogP contribution in [-0.4, -0.2) is 43.9 Å². The molecule has 1 amide bonds. The Labute approximate surface area is 168 Å². The molecular weight excluding hydrogens is 408 g/mol. The summed E-state index contributed by atoms with van der Waals surface area (Å²) < 4.78 is 33.1. The number of morpholine rings is 1. The van der Waals surface area contributed by atoms with Crippen LogP contribution in [0.4, 0.5) is 0 Å². The van der Waals surface area contributed by atoms with E-state index in [0.717, 1.165) is 4.88 Å². The standard InChI is InChI=1S/C18H21ClN2O4S2/c1-12-10-21(11-13(2)25-12)27(23,24)17-8-14(5-6-16(17)19)18(22)20-9-15-4-3-7-26-15/h3-8,12-13H,9-11H2,1-2H3,(H,20,22). The minimum atomic E-state index is -3.83. The Hall–Kier alpha value is -1.45. The number of hydrogen-bond acceptors (Lipinski definition) is 5. The molecule has 27 heavy (non-hydrogen) atoms. The number of ether oxygens (including phenoxy) is 1. The third-order valence-electron chi connectivity index (χ3n) is 4.20. The number of amides is 1. The Morgan fingerprint density at radius 2 is 2.00 bits per heavy atom. The van der Waals surface area contributed by atoms with Crippen molar-refractivity contribution < 1.29 is 17.9 Å². The smallest absolute Gasteiger partial charge is 0.251 e. The molecule has 1 aliphatic rings. The Balaban J connectivity index is 1.82. The fourth-order valence-electron chi connectivity index (χ4n) is 2.99.